The summed E-state index contributed by atoms with van der Waals surface area (Å²) < 4.78 is 13.9. The van der Waals surface area contributed by atoms with Crippen molar-refractivity contribution < 1.29 is 9.47 Å². The van der Waals surface area contributed by atoms with Gasteiger partial charge in [0.15, 0.2) is 0 Å². The molecule has 0 unspecified atom stereocenters. The second kappa shape index (κ2) is 15.0. The molecule has 3 nitrogen and oxygen atoms in total. The summed E-state index contributed by atoms with van der Waals surface area (Å²) >= 11 is 0. The van der Waals surface area contributed by atoms with Crippen molar-refractivity contribution in [2.24, 2.45) is 0 Å². The molecular formula is C60H62BNO2. The summed E-state index contributed by atoms with van der Waals surface area (Å²) in [6.07, 6.45) is 0. The maximum atomic E-state index is 7.09. The molecule has 0 saturated carbocycles. The van der Waals surface area contributed by atoms with Crippen LogP contribution in [0.2, 0.25) is 0 Å². The summed E-state index contributed by atoms with van der Waals surface area (Å²) in [5.74, 6) is 4.77. The Morgan fingerprint density at radius 3 is 1.42 bits per heavy atom. The molecule has 0 fully saturated rings. The van der Waals surface area contributed by atoms with Crippen molar-refractivity contribution in [2.45, 2.75) is 117 Å². The molecule has 7 aromatic carbocycles. The van der Waals surface area contributed by atoms with E-state index >= 15 is 0 Å². The first-order valence-corrected chi connectivity index (χ1v) is 23.5. The minimum Gasteiger partial charge on any atom is -0.458 e. The van der Waals surface area contributed by atoms with E-state index in [4.69, 9.17) is 9.47 Å². The molecule has 0 amide bonds. The van der Waals surface area contributed by atoms with Crippen molar-refractivity contribution in [2.75, 3.05) is 4.90 Å². The van der Waals surface area contributed by atoms with Crippen LogP contribution in [0.25, 0.3) is 0 Å². The van der Waals surface area contributed by atoms with Crippen LogP contribution in [-0.4, -0.2) is 6.71 Å². The number of anilines is 3. The van der Waals surface area contributed by atoms with E-state index in [1.165, 1.54) is 55.3 Å². The highest BCUT2D eigenvalue weighted by atomic mass is 16.5. The molecule has 0 N–H and O–H groups in total. The van der Waals surface area contributed by atoms with Gasteiger partial charge < -0.3 is 14.4 Å². The van der Waals surface area contributed by atoms with Gasteiger partial charge in [-0.1, -0.05) is 186 Å². The summed E-state index contributed by atoms with van der Waals surface area (Å²) in [5.41, 5.74) is 18.1. The van der Waals surface area contributed by atoms with E-state index in [2.05, 4.69) is 228 Å². The fourth-order valence-corrected chi connectivity index (χ4v) is 10.9. The molecule has 0 aromatic heterocycles. The second-order valence-corrected chi connectivity index (χ2v) is 21.5. The molecule has 0 aliphatic carbocycles. The number of rotatable bonds is 5. The number of ether oxygens (including phenoxy) is 2. The average Bonchev–Trinajstić information content (AvgIpc) is 3.26. The van der Waals surface area contributed by atoms with Crippen molar-refractivity contribution in [1.82, 2.24) is 0 Å². The molecule has 64 heavy (non-hydrogen) atoms. The quantitative estimate of drug-likeness (QED) is 0.161. The normalized spacial score (nSPS) is 14.7. The highest BCUT2D eigenvalue weighted by molar-refractivity contribution is 6.97. The molecule has 10 rings (SSSR count). The topological polar surface area (TPSA) is 21.7 Å². The molecule has 0 saturated heterocycles. The van der Waals surface area contributed by atoms with Crippen LogP contribution in [0.4, 0.5) is 17.1 Å². The van der Waals surface area contributed by atoms with Gasteiger partial charge in [0, 0.05) is 22.9 Å². The summed E-state index contributed by atoms with van der Waals surface area (Å²) in [6.45, 7) is 28.0. The number of benzene rings is 7. The SMILES string of the molecule is CC(C)c1cc(C(C)C)c(B2c3ccccc3Oc3cc(N4c5ccc(C(C)(C)C)cc5C5(c6ccccc6Oc6ccccc65)c5cc(C(C)(C)C)ccc54)ccc32)c(C(C)C)c1. The fraction of sp³-hybridized carbons (Fsp3) is 0.300. The molecule has 322 valence electrons. The molecule has 3 heterocycles. The Morgan fingerprint density at radius 2 is 0.922 bits per heavy atom. The van der Waals surface area contributed by atoms with E-state index in [1.54, 1.807) is 0 Å². The van der Waals surface area contributed by atoms with E-state index in [-0.39, 0.29) is 17.5 Å². The van der Waals surface area contributed by atoms with Gasteiger partial charge in [0.1, 0.15) is 23.0 Å². The van der Waals surface area contributed by atoms with Crippen LogP contribution in [0.3, 0.4) is 0 Å². The van der Waals surface area contributed by atoms with Gasteiger partial charge in [-0.3, -0.25) is 0 Å². The number of nitrogens with zero attached hydrogens (tertiary/aromatic N) is 1. The average molecular weight is 840 g/mol. The minimum atomic E-state index is -0.660. The molecule has 0 atom stereocenters. The largest absolute Gasteiger partial charge is 0.458 e. The molecule has 0 radical (unpaired) electrons. The molecule has 1 spiro atoms. The molecule has 0 bridgehead atoms. The van der Waals surface area contributed by atoms with Crippen molar-refractivity contribution in [1.29, 1.82) is 0 Å². The Bertz CT molecular complexity index is 2840. The van der Waals surface area contributed by atoms with E-state index in [0.29, 0.717) is 17.8 Å². The van der Waals surface area contributed by atoms with Gasteiger partial charge in [0.2, 0.25) is 0 Å². The predicted molar refractivity (Wildman–Crippen MR) is 270 cm³/mol. The summed E-state index contributed by atoms with van der Waals surface area (Å²) in [7, 11) is 0. The van der Waals surface area contributed by atoms with Crippen LogP contribution < -0.4 is 30.8 Å². The third kappa shape index (κ3) is 6.46. The Balaban J connectivity index is 1.27. The monoisotopic (exact) mass is 839 g/mol. The van der Waals surface area contributed by atoms with Gasteiger partial charge in [0.05, 0.1) is 16.8 Å². The summed E-state index contributed by atoms with van der Waals surface area (Å²) in [4.78, 5) is 2.51. The third-order valence-electron chi connectivity index (χ3n) is 14.3. The van der Waals surface area contributed by atoms with Gasteiger partial charge in [-0.2, -0.15) is 0 Å². The van der Waals surface area contributed by atoms with Crippen LogP contribution in [0, 0.1) is 0 Å². The lowest BCUT2D eigenvalue weighted by molar-refractivity contribution is 0.433. The van der Waals surface area contributed by atoms with Crippen LogP contribution in [0.1, 0.15) is 151 Å². The number of fused-ring (bicyclic) bond motifs is 10. The first-order chi connectivity index (χ1) is 30.5. The minimum absolute atomic E-state index is 0.0214. The summed E-state index contributed by atoms with van der Waals surface area (Å²) in [6, 6.07) is 52.5. The second-order valence-electron chi connectivity index (χ2n) is 21.5. The van der Waals surface area contributed by atoms with Gasteiger partial charge in [0.25, 0.3) is 6.71 Å². The standard InChI is InChI=1S/C60H62BNO2/c1-36(2)39-31-43(37(3)4)57(44(32-39)38(5)6)61-49-21-15-18-24-55(49)64-56-35-42(27-28-50(56)61)62-51-29-25-40(58(7,8)9)33-47(51)60(48-34-41(59(10,11)12)26-30-52(48)62)45-19-13-16-22-53(45)63-54-23-17-14-20-46(54)60/h13-38H,1-12H3. The van der Waals surface area contributed by atoms with E-state index < -0.39 is 5.41 Å². The van der Waals surface area contributed by atoms with E-state index in [0.717, 1.165) is 51.2 Å². The van der Waals surface area contributed by atoms with Crippen LogP contribution in [-0.2, 0) is 16.2 Å². The van der Waals surface area contributed by atoms with Crippen LogP contribution in [0.5, 0.6) is 23.0 Å². The Kier molecular flexibility index (Phi) is 9.87. The van der Waals surface area contributed by atoms with E-state index in [1.807, 2.05) is 0 Å². The lowest BCUT2D eigenvalue weighted by Crippen LogP contribution is -2.57. The van der Waals surface area contributed by atoms with Crippen molar-refractivity contribution in [3.63, 3.8) is 0 Å². The first kappa shape index (κ1) is 42.0. The van der Waals surface area contributed by atoms with Gasteiger partial charge in [-0.15, -0.1) is 0 Å². The van der Waals surface area contributed by atoms with Gasteiger partial charge in [-0.25, -0.2) is 0 Å². The number of para-hydroxylation sites is 3. The lowest BCUT2D eigenvalue weighted by atomic mass is 9.34. The highest BCUT2D eigenvalue weighted by Gasteiger charge is 2.52. The third-order valence-corrected chi connectivity index (χ3v) is 14.3. The molecular weight excluding hydrogens is 777 g/mol. The van der Waals surface area contributed by atoms with Crippen molar-refractivity contribution in [3.8, 4) is 23.0 Å². The first-order valence-electron chi connectivity index (χ1n) is 23.5. The molecule has 3 aliphatic heterocycles. The van der Waals surface area contributed by atoms with E-state index in [9.17, 15) is 0 Å². The zero-order valence-electron chi connectivity index (χ0n) is 39.9. The number of hydrogen-bond acceptors (Lipinski definition) is 3. The maximum absolute atomic E-state index is 7.09. The zero-order valence-corrected chi connectivity index (χ0v) is 39.9. The summed E-state index contributed by atoms with van der Waals surface area (Å²) in [5, 5.41) is 0. The zero-order chi connectivity index (χ0) is 45.0. The molecule has 3 aliphatic rings. The fourth-order valence-electron chi connectivity index (χ4n) is 10.9. The van der Waals surface area contributed by atoms with Crippen LogP contribution >= 0.6 is 0 Å². The number of hydrogen-bond donors (Lipinski definition) is 0. The highest BCUT2D eigenvalue weighted by Crippen LogP contribution is 2.63. The Labute approximate surface area is 382 Å². The Morgan fingerprint density at radius 1 is 0.453 bits per heavy atom. The van der Waals surface area contributed by atoms with Crippen molar-refractivity contribution >= 4 is 40.2 Å². The molecule has 7 aromatic rings. The van der Waals surface area contributed by atoms with Gasteiger partial charge in [-0.05, 0) is 115 Å². The Hall–Kier alpha value is -6.00. The predicted octanol–water partition coefficient (Wildman–Crippen LogP) is 14.5. The van der Waals surface area contributed by atoms with Gasteiger partial charge >= 0.3 is 0 Å². The molecule has 4 heteroatoms. The van der Waals surface area contributed by atoms with Crippen LogP contribution in [0.15, 0.2) is 140 Å². The van der Waals surface area contributed by atoms with Crippen molar-refractivity contribution in [3.05, 3.63) is 190 Å². The smallest absolute Gasteiger partial charge is 0.251 e. The lowest BCUT2D eigenvalue weighted by Gasteiger charge is -2.49. The maximum Gasteiger partial charge on any atom is 0.251 e.